The Morgan fingerprint density at radius 3 is 2.80 bits per heavy atom. The Kier molecular flexibility index (Phi) is 2.67. The van der Waals surface area contributed by atoms with Gasteiger partial charge in [-0.2, -0.15) is 0 Å². The molecule has 1 aromatic heterocycles. The summed E-state index contributed by atoms with van der Waals surface area (Å²) in [6.45, 7) is 2.00. The summed E-state index contributed by atoms with van der Waals surface area (Å²) in [6.07, 6.45) is 0. The van der Waals surface area contributed by atoms with Crippen molar-refractivity contribution in [3.05, 3.63) is 33.7 Å². The summed E-state index contributed by atoms with van der Waals surface area (Å²) in [7, 11) is 1.38. The smallest absolute Gasteiger partial charge is 0.348 e. The van der Waals surface area contributed by atoms with Gasteiger partial charge < -0.3 is 4.74 Å². The van der Waals surface area contributed by atoms with Crippen LogP contribution < -0.4 is 0 Å². The zero-order chi connectivity index (χ0) is 11.0. The quantitative estimate of drug-likeness (QED) is 0.712. The highest BCUT2D eigenvalue weighted by atomic mass is 35.5. The maximum Gasteiger partial charge on any atom is 0.348 e. The average Bonchev–Trinajstić information content (AvgIpc) is 2.68. The molecule has 15 heavy (non-hydrogen) atoms. The Labute approximate surface area is 96.4 Å². The van der Waals surface area contributed by atoms with Crippen LogP contribution in [0.1, 0.15) is 15.2 Å². The molecule has 0 aliphatic carbocycles. The number of carbonyl (C=O) groups excluding carboxylic acids is 1. The van der Waals surface area contributed by atoms with E-state index < -0.39 is 0 Å². The lowest BCUT2D eigenvalue weighted by molar-refractivity contribution is 0.0606. The molecule has 0 amide bonds. The maximum absolute atomic E-state index is 11.4. The number of aryl methyl sites for hydroxylation is 1. The number of thiophene rings is 1. The van der Waals surface area contributed by atoms with Crippen LogP contribution in [0.4, 0.5) is 0 Å². The third kappa shape index (κ3) is 1.73. The minimum atomic E-state index is -0.313. The van der Waals surface area contributed by atoms with Crippen LogP contribution in [0.15, 0.2) is 18.2 Å². The monoisotopic (exact) mass is 240 g/mol. The first-order chi connectivity index (χ1) is 7.13. The molecule has 0 radical (unpaired) electrons. The van der Waals surface area contributed by atoms with E-state index in [1.165, 1.54) is 18.4 Å². The third-order valence-corrected chi connectivity index (χ3v) is 3.79. The van der Waals surface area contributed by atoms with Crippen LogP contribution in [0.3, 0.4) is 0 Å². The Morgan fingerprint density at radius 1 is 1.47 bits per heavy atom. The Hall–Kier alpha value is -1.06. The second-order valence-corrected chi connectivity index (χ2v) is 4.67. The molecule has 0 atom stereocenters. The predicted molar refractivity (Wildman–Crippen MR) is 62.9 cm³/mol. The number of hydrogen-bond donors (Lipinski definition) is 0. The van der Waals surface area contributed by atoms with E-state index in [1.807, 2.05) is 19.1 Å². The van der Waals surface area contributed by atoms with Crippen molar-refractivity contribution >= 4 is 39.0 Å². The minimum Gasteiger partial charge on any atom is -0.465 e. The molecule has 0 unspecified atom stereocenters. The van der Waals surface area contributed by atoms with Gasteiger partial charge >= 0.3 is 5.97 Å². The molecule has 0 spiro atoms. The topological polar surface area (TPSA) is 26.3 Å². The van der Waals surface area contributed by atoms with Gasteiger partial charge in [0.05, 0.1) is 7.11 Å². The normalized spacial score (nSPS) is 10.6. The Morgan fingerprint density at radius 2 is 2.20 bits per heavy atom. The fourth-order valence-electron chi connectivity index (χ4n) is 1.43. The van der Waals surface area contributed by atoms with Crippen LogP contribution in [-0.2, 0) is 4.74 Å². The number of fused-ring (bicyclic) bond motifs is 1. The Bertz CT molecular complexity index is 492. The number of esters is 1. The van der Waals surface area contributed by atoms with Crippen molar-refractivity contribution in [3.63, 3.8) is 0 Å². The molecule has 1 aromatic carbocycles. The highest BCUT2D eigenvalue weighted by Crippen LogP contribution is 2.33. The molecule has 0 N–H and O–H groups in total. The first kappa shape index (κ1) is 10.5. The van der Waals surface area contributed by atoms with E-state index in [9.17, 15) is 4.79 Å². The van der Waals surface area contributed by atoms with Crippen LogP contribution in [0.2, 0.25) is 5.02 Å². The zero-order valence-corrected chi connectivity index (χ0v) is 9.91. The van der Waals surface area contributed by atoms with Gasteiger partial charge in [0.15, 0.2) is 0 Å². The molecule has 2 rings (SSSR count). The third-order valence-electron chi connectivity index (χ3n) is 2.21. The maximum atomic E-state index is 11.4. The van der Waals surface area contributed by atoms with Gasteiger partial charge in [0.2, 0.25) is 0 Å². The molecular weight excluding hydrogens is 232 g/mol. The second kappa shape index (κ2) is 3.83. The van der Waals surface area contributed by atoms with Crippen molar-refractivity contribution < 1.29 is 9.53 Å². The fourth-order valence-corrected chi connectivity index (χ4v) is 2.77. The molecule has 0 bridgehead atoms. The molecule has 0 aliphatic rings. The standard InChI is InChI=1S/C11H9ClO2S/c1-6-3-4-8(12)7-5-9(11(13)14-2)15-10(6)7/h3-5H,1-2H3. The van der Waals surface area contributed by atoms with Crippen molar-refractivity contribution in [3.8, 4) is 0 Å². The van der Waals surface area contributed by atoms with Gasteiger partial charge in [-0.05, 0) is 24.6 Å². The van der Waals surface area contributed by atoms with E-state index in [0.717, 1.165) is 15.6 Å². The summed E-state index contributed by atoms with van der Waals surface area (Å²) < 4.78 is 5.72. The van der Waals surface area contributed by atoms with Crippen molar-refractivity contribution in [2.24, 2.45) is 0 Å². The van der Waals surface area contributed by atoms with Crippen LogP contribution in [0.5, 0.6) is 0 Å². The number of methoxy groups -OCH3 is 1. The first-order valence-corrected chi connectivity index (χ1v) is 5.60. The van der Waals surface area contributed by atoms with Crippen LogP contribution in [0.25, 0.3) is 10.1 Å². The molecule has 0 fully saturated rings. The molecule has 2 nitrogen and oxygen atoms in total. The number of hydrogen-bond acceptors (Lipinski definition) is 3. The lowest BCUT2D eigenvalue weighted by atomic mass is 10.2. The predicted octanol–water partition coefficient (Wildman–Crippen LogP) is 3.65. The lowest BCUT2D eigenvalue weighted by Gasteiger charge is -1.96. The SMILES string of the molecule is COC(=O)c1cc2c(Cl)ccc(C)c2s1. The molecule has 2 aromatic rings. The lowest BCUT2D eigenvalue weighted by Crippen LogP contribution is -1.96. The highest BCUT2D eigenvalue weighted by Gasteiger charge is 2.13. The zero-order valence-electron chi connectivity index (χ0n) is 8.33. The van der Waals surface area contributed by atoms with E-state index in [-0.39, 0.29) is 5.97 Å². The molecule has 0 saturated carbocycles. The Balaban J connectivity index is 2.70. The van der Waals surface area contributed by atoms with Crippen molar-refractivity contribution in [2.45, 2.75) is 6.92 Å². The summed E-state index contributed by atoms with van der Waals surface area (Å²) in [6, 6.07) is 5.57. The highest BCUT2D eigenvalue weighted by molar-refractivity contribution is 7.21. The summed E-state index contributed by atoms with van der Waals surface area (Å²) in [4.78, 5) is 11.9. The van der Waals surface area contributed by atoms with Gasteiger partial charge in [0.25, 0.3) is 0 Å². The number of halogens is 1. The summed E-state index contributed by atoms with van der Waals surface area (Å²) in [5.74, 6) is -0.313. The van der Waals surface area contributed by atoms with E-state index in [4.69, 9.17) is 11.6 Å². The van der Waals surface area contributed by atoms with E-state index in [1.54, 1.807) is 6.07 Å². The largest absolute Gasteiger partial charge is 0.465 e. The van der Waals surface area contributed by atoms with Crippen LogP contribution >= 0.6 is 22.9 Å². The summed E-state index contributed by atoms with van der Waals surface area (Å²) in [5.41, 5.74) is 1.12. The van der Waals surface area contributed by atoms with Gasteiger partial charge in [-0.1, -0.05) is 17.7 Å². The van der Waals surface area contributed by atoms with Gasteiger partial charge in [-0.15, -0.1) is 11.3 Å². The van der Waals surface area contributed by atoms with Gasteiger partial charge in [-0.3, -0.25) is 0 Å². The molecule has 1 heterocycles. The van der Waals surface area contributed by atoms with Gasteiger partial charge in [0, 0.05) is 15.1 Å². The average molecular weight is 241 g/mol. The van der Waals surface area contributed by atoms with Crippen molar-refractivity contribution in [1.29, 1.82) is 0 Å². The second-order valence-electron chi connectivity index (χ2n) is 3.21. The molecule has 0 saturated heterocycles. The number of ether oxygens (including phenoxy) is 1. The molecule has 0 aliphatic heterocycles. The van der Waals surface area contributed by atoms with Crippen LogP contribution in [0, 0.1) is 6.92 Å². The van der Waals surface area contributed by atoms with Crippen LogP contribution in [-0.4, -0.2) is 13.1 Å². The fraction of sp³-hybridized carbons (Fsp3) is 0.182. The first-order valence-electron chi connectivity index (χ1n) is 4.40. The van der Waals surface area contributed by atoms with Gasteiger partial charge in [0.1, 0.15) is 4.88 Å². The molecular formula is C11H9ClO2S. The van der Waals surface area contributed by atoms with E-state index in [0.29, 0.717) is 9.90 Å². The number of benzene rings is 1. The van der Waals surface area contributed by atoms with E-state index >= 15 is 0 Å². The summed E-state index contributed by atoms with van der Waals surface area (Å²) in [5, 5.41) is 1.59. The summed E-state index contributed by atoms with van der Waals surface area (Å²) >= 11 is 7.46. The van der Waals surface area contributed by atoms with Crippen molar-refractivity contribution in [1.82, 2.24) is 0 Å². The molecule has 78 valence electrons. The number of carbonyl (C=O) groups is 1. The van der Waals surface area contributed by atoms with Crippen molar-refractivity contribution in [2.75, 3.05) is 7.11 Å². The minimum absolute atomic E-state index is 0.313. The molecule has 4 heteroatoms. The van der Waals surface area contributed by atoms with Gasteiger partial charge in [-0.25, -0.2) is 4.79 Å². The number of rotatable bonds is 1. The van der Waals surface area contributed by atoms with E-state index in [2.05, 4.69) is 4.74 Å².